The van der Waals surface area contributed by atoms with Gasteiger partial charge in [-0.15, -0.1) is 0 Å². The molecule has 1 aliphatic rings. The molecule has 3 aromatic rings. The number of anilines is 1. The van der Waals surface area contributed by atoms with Crippen molar-refractivity contribution in [3.05, 3.63) is 53.6 Å². The number of pyridine rings is 1. The van der Waals surface area contributed by atoms with Gasteiger partial charge >= 0.3 is 0 Å². The van der Waals surface area contributed by atoms with Crippen molar-refractivity contribution in [1.29, 1.82) is 0 Å². The second kappa shape index (κ2) is 7.34. The standard InChI is InChI=1S/C20H21FN4O2/c1-2-22-20(26)16-4-3-9-23-19(16)25-10-7-13(8-11-25)18-15-6-5-14(21)12-17(15)27-24-18/h3-6,9,12-13H,2,7-8,10-11H2,1H3,(H,22,26). The van der Waals surface area contributed by atoms with E-state index >= 15 is 0 Å². The molecule has 0 aliphatic carbocycles. The summed E-state index contributed by atoms with van der Waals surface area (Å²) in [5.74, 6) is 0.527. The highest BCUT2D eigenvalue weighted by atomic mass is 19.1. The SMILES string of the molecule is CCNC(=O)c1cccnc1N1CCC(c2noc3cc(F)ccc23)CC1. The normalized spacial score (nSPS) is 15.3. The van der Waals surface area contributed by atoms with E-state index < -0.39 is 0 Å². The number of carbonyl (C=O) groups is 1. The Morgan fingerprint density at radius 3 is 2.93 bits per heavy atom. The molecule has 7 heteroatoms. The first-order chi connectivity index (χ1) is 13.2. The van der Waals surface area contributed by atoms with Crippen molar-refractivity contribution in [2.75, 3.05) is 24.5 Å². The average molecular weight is 368 g/mol. The van der Waals surface area contributed by atoms with Crippen LogP contribution in [0.4, 0.5) is 10.2 Å². The Bertz CT molecular complexity index is 964. The van der Waals surface area contributed by atoms with Gasteiger partial charge in [0.25, 0.3) is 5.91 Å². The first-order valence-electron chi connectivity index (χ1n) is 9.20. The fourth-order valence-corrected chi connectivity index (χ4v) is 3.67. The number of rotatable bonds is 4. The fourth-order valence-electron chi connectivity index (χ4n) is 3.67. The highest BCUT2D eigenvalue weighted by Crippen LogP contribution is 2.34. The molecule has 0 unspecified atom stereocenters. The largest absolute Gasteiger partial charge is 0.356 e. The zero-order valence-electron chi connectivity index (χ0n) is 15.1. The third-order valence-corrected chi connectivity index (χ3v) is 5.01. The number of carbonyl (C=O) groups excluding carboxylic acids is 1. The monoisotopic (exact) mass is 368 g/mol. The van der Waals surface area contributed by atoms with Crippen LogP contribution in [0.1, 0.15) is 41.7 Å². The minimum absolute atomic E-state index is 0.104. The summed E-state index contributed by atoms with van der Waals surface area (Å²) in [4.78, 5) is 18.9. The topological polar surface area (TPSA) is 71.3 Å². The molecule has 1 fully saturated rings. The van der Waals surface area contributed by atoms with E-state index in [1.165, 1.54) is 12.1 Å². The molecule has 1 saturated heterocycles. The summed E-state index contributed by atoms with van der Waals surface area (Å²) in [6.07, 6.45) is 3.44. The molecule has 0 radical (unpaired) electrons. The third-order valence-electron chi connectivity index (χ3n) is 5.01. The van der Waals surface area contributed by atoms with E-state index in [0.717, 1.165) is 37.0 Å². The number of halogens is 1. The van der Waals surface area contributed by atoms with Gasteiger partial charge in [0.15, 0.2) is 5.58 Å². The maximum atomic E-state index is 13.4. The van der Waals surface area contributed by atoms with Crippen molar-refractivity contribution in [1.82, 2.24) is 15.5 Å². The number of hydrogen-bond donors (Lipinski definition) is 1. The molecule has 27 heavy (non-hydrogen) atoms. The third kappa shape index (κ3) is 3.37. The maximum absolute atomic E-state index is 13.4. The number of fused-ring (bicyclic) bond motifs is 1. The molecule has 0 bridgehead atoms. The van der Waals surface area contributed by atoms with Gasteiger partial charge in [0.2, 0.25) is 0 Å². The Morgan fingerprint density at radius 2 is 2.15 bits per heavy atom. The van der Waals surface area contributed by atoms with Crippen molar-refractivity contribution in [2.24, 2.45) is 0 Å². The van der Waals surface area contributed by atoms with Crippen LogP contribution in [-0.4, -0.2) is 35.7 Å². The maximum Gasteiger partial charge on any atom is 0.255 e. The molecule has 1 aromatic carbocycles. The lowest BCUT2D eigenvalue weighted by atomic mass is 9.91. The lowest BCUT2D eigenvalue weighted by Crippen LogP contribution is -2.36. The predicted molar refractivity (Wildman–Crippen MR) is 100 cm³/mol. The number of hydrogen-bond acceptors (Lipinski definition) is 5. The van der Waals surface area contributed by atoms with E-state index in [9.17, 15) is 9.18 Å². The van der Waals surface area contributed by atoms with E-state index in [-0.39, 0.29) is 17.6 Å². The lowest BCUT2D eigenvalue weighted by Gasteiger charge is -2.33. The molecule has 1 aliphatic heterocycles. The van der Waals surface area contributed by atoms with Crippen LogP contribution in [0.15, 0.2) is 41.1 Å². The van der Waals surface area contributed by atoms with Crippen LogP contribution in [0.25, 0.3) is 11.0 Å². The molecular formula is C20H21FN4O2. The predicted octanol–water partition coefficient (Wildman–Crippen LogP) is 3.50. The van der Waals surface area contributed by atoms with Crippen LogP contribution in [0.3, 0.4) is 0 Å². The summed E-state index contributed by atoms with van der Waals surface area (Å²) < 4.78 is 18.7. The Kier molecular flexibility index (Phi) is 4.75. The second-order valence-corrected chi connectivity index (χ2v) is 6.70. The number of nitrogens with zero attached hydrogens (tertiary/aromatic N) is 3. The second-order valence-electron chi connectivity index (χ2n) is 6.70. The number of piperidine rings is 1. The summed E-state index contributed by atoms with van der Waals surface area (Å²) in [5.41, 5.74) is 1.96. The van der Waals surface area contributed by atoms with Crippen molar-refractivity contribution in [2.45, 2.75) is 25.7 Å². The summed E-state index contributed by atoms with van der Waals surface area (Å²) >= 11 is 0. The van der Waals surface area contributed by atoms with Gasteiger partial charge in [-0.1, -0.05) is 5.16 Å². The van der Waals surface area contributed by atoms with Crippen LogP contribution >= 0.6 is 0 Å². The van der Waals surface area contributed by atoms with Gasteiger partial charge in [0.05, 0.1) is 11.3 Å². The van der Waals surface area contributed by atoms with Crippen molar-refractivity contribution in [3.8, 4) is 0 Å². The minimum atomic E-state index is -0.326. The molecular weight excluding hydrogens is 347 g/mol. The van der Waals surface area contributed by atoms with Crippen LogP contribution in [0, 0.1) is 5.82 Å². The summed E-state index contributed by atoms with van der Waals surface area (Å²) in [5, 5.41) is 7.90. The smallest absolute Gasteiger partial charge is 0.255 e. The van der Waals surface area contributed by atoms with Gasteiger partial charge in [0.1, 0.15) is 11.6 Å². The summed E-state index contributed by atoms with van der Waals surface area (Å²) in [6, 6.07) is 8.12. The van der Waals surface area contributed by atoms with E-state index in [0.29, 0.717) is 23.5 Å². The molecule has 0 atom stereocenters. The molecule has 1 N–H and O–H groups in total. The molecule has 4 rings (SSSR count). The van der Waals surface area contributed by atoms with Gasteiger partial charge < -0.3 is 14.7 Å². The van der Waals surface area contributed by atoms with E-state index in [1.807, 2.05) is 6.92 Å². The van der Waals surface area contributed by atoms with Crippen LogP contribution in [-0.2, 0) is 0 Å². The van der Waals surface area contributed by atoms with Crippen LogP contribution in [0.5, 0.6) is 0 Å². The molecule has 0 saturated carbocycles. The first kappa shape index (κ1) is 17.5. The summed E-state index contributed by atoms with van der Waals surface area (Å²) in [6.45, 7) is 4.01. The Hall–Kier alpha value is -2.96. The molecule has 1 amide bonds. The fraction of sp³-hybridized carbons (Fsp3) is 0.350. The lowest BCUT2D eigenvalue weighted by molar-refractivity contribution is 0.0956. The van der Waals surface area contributed by atoms with Crippen molar-refractivity contribution < 1.29 is 13.7 Å². The summed E-state index contributed by atoms with van der Waals surface area (Å²) in [7, 11) is 0. The Balaban J connectivity index is 1.52. The zero-order valence-corrected chi connectivity index (χ0v) is 15.1. The number of benzene rings is 1. The van der Waals surface area contributed by atoms with Crippen LogP contribution < -0.4 is 10.2 Å². The van der Waals surface area contributed by atoms with Crippen LogP contribution in [0.2, 0.25) is 0 Å². The zero-order chi connectivity index (χ0) is 18.8. The Morgan fingerprint density at radius 1 is 1.33 bits per heavy atom. The van der Waals surface area contributed by atoms with E-state index in [2.05, 4.69) is 20.4 Å². The van der Waals surface area contributed by atoms with Gasteiger partial charge in [0, 0.05) is 43.2 Å². The number of nitrogens with one attached hydrogen (secondary N) is 1. The highest BCUT2D eigenvalue weighted by molar-refractivity contribution is 5.98. The van der Waals surface area contributed by atoms with Gasteiger partial charge in [-0.25, -0.2) is 9.37 Å². The Labute approximate surface area is 156 Å². The molecule has 2 aromatic heterocycles. The molecule has 6 nitrogen and oxygen atoms in total. The molecule has 140 valence electrons. The molecule has 0 spiro atoms. The quantitative estimate of drug-likeness (QED) is 0.763. The number of aromatic nitrogens is 2. The van der Waals surface area contributed by atoms with E-state index in [4.69, 9.17) is 4.52 Å². The minimum Gasteiger partial charge on any atom is -0.356 e. The van der Waals surface area contributed by atoms with E-state index in [1.54, 1.807) is 24.4 Å². The highest BCUT2D eigenvalue weighted by Gasteiger charge is 2.27. The van der Waals surface area contributed by atoms with Gasteiger partial charge in [-0.2, -0.15) is 0 Å². The average Bonchev–Trinajstić information content (AvgIpc) is 3.11. The van der Waals surface area contributed by atoms with Crippen molar-refractivity contribution >= 4 is 22.7 Å². The molecule has 3 heterocycles. The van der Waals surface area contributed by atoms with Gasteiger partial charge in [-0.3, -0.25) is 4.79 Å². The first-order valence-corrected chi connectivity index (χ1v) is 9.20. The van der Waals surface area contributed by atoms with Gasteiger partial charge in [-0.05, 0) is 44.0 Å². The van der Waals surface area contributed by atoms with Crippen molar-refractivity contribution in [3.63, 3.8) is 0 Å². The number of amides is 1.